The molecule has 1 aromatic carbocycles. The van der Waals surface area contributed by atoms with Gasteiger partial charge in [0, 0.05) is 5.56 Å². The lowest BCUT2D eigenvalue weighted by molar-refractivity contribution is -0.146. The molecule has 0 radical (unpaired) electrons. The molecule has 0 aliphatic rings. The summed E-state index contributed by atoms with van der Waals surface area (Å²) in [6.45, 7) is 1.92. The number of rotatable bonds is 7. The predicted octanol–water partition coefficient (Wildman–Crippen LogP) is 3.55. The molecule has 106 valence electrons. The van der Waals surface area contributed by atoms with Crippen LogP contribution in [0.2, 0.25) is 0 Å². The summed E-state index contributed by atoms with van der Waals surface area (Å²) in [6, 6.07) is 5.29. The van der Waals surface area contributed by atoms with Gasteiger partial charge in [-0.05, 0) is 18.1 Å². The zero-order valence-electron chi connectivity index (χ0n) is 10.7. The maximum Gasteiger partial charge on any atom is 0.309 e. The Morgan fingerprint density at radius 3 is 2.47 bits per heavy atom. The molecule has 0 amide bonds. The third-order valence-electron chi connectivity index (χ3n) is 3.07. The first-order chi connectivity index (χ1) is 8.97. The van der Waals surface area contributed by atoms with Gasteiger partial charge in [0.1, 0.15) is 0 Å². The van der Waals surface area contributed by atoms with Crippen molar-refractivity contribution in [1.82, 2.24) is 0 Å². The minimum Gasteiger partial charge on any atom is -0.481 e. The van der Waals surface area contributed by atoms with E-state index in [1.807, 2.05) is 6.92 Å². The van der Waals surface area contributed by atoms with Crippen molar-refractivity contribution in [3.8, 4) is 0 Å². The van der Waals surface area contributed by atoms with Crippen molar-refractivity contribution < 1.29 is 23.8 Å². The number of halogens is 2. The predicted molar refractivity (Wildman–Crippen MR) is 67.0 cm³/mol. The van der Waals surface area contributed by atoms with Crippen LogP contribution in [0.3, 0.4) is 0 Å². The van der Waals surface area contributed by atoms with Gasteiger partial charge < -0.3 is 10.2 Å². The highest BCUT2D eigenvalue weighted by Crippen LogP contribution is 2.29. The Kier molecular flexibility index (Phi) is 5.89. The minimum atomic E-state index is -2.63. The van der Waals surface area contributed by atoms with Crippen LogP contribution in [-0.4, -0.2) is 16.2 Å². The van der Waals surface area contributed by atoms with Gasteiger partial charge in [-0.25, -0.2) is 8.78 Å². The van der Waals surface area contributed by atoms with Crippen LogP contribution in [0.5, 0.6) is 0 Å². The van der Waals surface area contributed by atoms with E-state index in [9.17, 15) is 18.7 Å². The van der Waals surface area contributed by atoms with Crippen molar-refractivity contribution in [3.05, 3.63) is 35.4 Å². The Bertz CT molecular complexity index is 421. The summed E-state index contributed by atoms with van der Waals surface area (Å²) in [4.78, 5) is 11.1. The summed E-state index contributed by atoms with van der Waals surface area (Å²) < 4.78 is 25.1. The van der Waals surface area contributed by atoms with Gasteiger partial charge in [0.05, 0.1) is 12.0 Å². The number of benzene rings is 1. The smallest absolute Gasteiger partial charge is 0.309 e. The zero-order chi connectivity index (χ0) is 14.4. The second-order valence-corrected chi connectivity index (χ2v) is 4.50. The summed E-state index contributed by atoms with van der Waals surface area (Å²) in [7, 11) is 0. The van der Waals surface area contributed by atoms with Crippen molar-refractivity contribution >= 4 is 5.97 Å². The molecule has 0 bridgehead atoms. The lowest BCUT2D eigenvalue weighted by atomic mass is 9.90. The zero-order valence-corrected chi connectivity index (χ0v) is 10.7. The summed E-state index contributed by atoms with van der Waals surface area (Å²) in [5.74, 6) is -2.07. The molecule has 2 unspecified atom stereocenters. The quantitative estimate of drug-likeness (QED) is 0.798. The number of aliphatic carboxylic acids is 1. The Hall–Kier alpha value is -1.49. The lowest BCUT2D eigenvalue weighted by Crippen LogP contribution is -2.22. The lowest BCUT2D eigenvalue weighted by Gasteiger charge is -2.19. The van der Waals surface area contributed by atoms with Crippen molar-refractivity contribution in [2.45, 2.75) is 38.7 Å². The summed E-state index contributed by atoms with van der Waals surface area (Å²) in [6.07, 6.45) is -2.09. The van der Waals surface area contributed by atoms with Gasteiger partial charge in [0.15, 0.2) is 0 Å². The van der Waals surface area contributed by atoms with E-state index in [1.54, 1.807) is 0 Å². The first-order valence-corrected chi connectivity index (χ1v) is 6.26. The topological polar surface area (TPSA) is 57.5 Å². The fraction of sp³-hybridized carbons (Fsp3) is 0.500. The Morgan fingerprint density at radius 2 is 1.95 bits per heavy atom. The van der Waals surface area contributed by atoms with E-state index >= 15 is 0 Å². The monoisotopic (exact) mass is 272 g/mol. The maximum absolute atomic E-state index is 12.6. The first kappa shape index (κ1) is 15.6. The Labute approximate surface area is 110 Å². The Morgan fingerprint density at radius 1 is 1.32 bits per heavy atom. The highest BCUT2D eigenvalue weighted by molar-refractivity contribution is 5.71. The molecule has 0 aliphatic heterocycles. The Balaban J connectivity index is 2.92. The van der Waals surface area contributed by atoms with E-state index in [-0.39, 0.29) is 11.1 Å². The van der Waals surface area contributed by atoms with E-state index in [0.29, 0.717) is 12.8 Å². The molecule has 0 aromatic heterocycles. The number of carboxylic acid groups (broad SMARTS) is 1. The standard InChI is InChI=1S/C14H18F2O3/c1-2-3-7-11(14(18)19)12(17)9-5-4-6-10(8-9)13(15)16/h4-6,8,11-13,17H,2-3,7H2,1H3,(H,18,19). The third-order valence-corrected chi connectivity index (χ3v) is 3.07. The molecule has 0 saturated carbocycles. The third kappa shape index (κ3) is 4.28. The minimum absolute atomic E-state index is 0.212. The molecule has 0 aliphatic carbocycles. The summed E-state index contributed by atoms with van der Waals surface area (Å²) in [5, 5.41) is 19.2. The number of carbonyl (C=O) groups is 1. The fourth-order valence-electron chi connectivity index (χ4n) is 1.95. The van der Waals surface area contributed by atoms with E-state index in [0.717, 1.165) is 12.5 Å². The second-order valence-electron chi connectivity index (χ2n) is 4.50. The number of aliphatic hydroxyl groups excluding tert-OH is 1. The number of hydrogen-bond acceptors (Lipinski definition) is 2. The van der Waals surface area contributed by atoms with Gasteiger partial charge in [-0.15, -0.1) is 0 Å². The molecule has 0 fully saturated rings. The number of hydrogen-bond donors (Lipinski definition) is 2. The van der Waals surface area contributed by atoms with Gasteiger partial charge in [-0.2, -0.15) is 0 Å². The number of aliphatic hydroxyl groups is 1. The van der Waals surface area contributed by atoms with Crippen LogP contribution in [0.4, 0.5) is 8.78 Å². The number of unbranched alkanes of at least 4 members (excludes halogenated alkanes) is 1. The van der Waals surface area contributed by atoms with Crippen LogP contribution in [0.15, 0.2) is 24.3 Å². The van der Waals surface area contributed by atoms with Crippen LogP contribution in [-0.2, 0) is 4.79 Å². The highest BCUT2D eigenvalue weighted by Gasteiger charge is 2.27. The number of carboxylic acids is 1. The largest absolute Gasteiger partial charge is 0.481 e. The van der Waals surface area contributed by atoms with Crippen molar-refractivity contribution in [2.24, 2.45) is 5.92 Å². The van der Waals surface area contributed by atoms with Crippen molar-refractivity contribution in [1.29, 1.82) is 0 Å². The normalized spacial score (nSPS) is 14.4. The van der Waals surface area contributed by atoms with Gasteiger partial charge in [0.25, 0.3) is 6.43 Å². The second kappa shape index (κ2) is 7.19. The van der Waals surface area contributed by atoms with Crippen LogP contribution < -0.4 is 0 Å². The van der Waals surface area contributed by atoms with E-state index < -0.39 is 24.4 Å². The fourth-order valence-corrected chi connectivity index (χ4v) is 1.95. The van der Waals surface area contributed by atoms with Gasteiger partial charge in [0.2, 0.25) is 0 Å². The highest BCUT2D eigenvalue weighted by atomic mass is 19.3. The molecule has 2 N–H and O–H groups in total. The van der Waals surface area contributed by atoms with E-state index in [2.05, 4.69) is 0 Å². The van der Waals surface area contributed by atoms with Crippen LogP contribution in [0, 0.1) is 5.92 Å². The van der Waals surface area contributed by atoms with Crippen molar-refractivity contribution in [3.63, 3.8) is 0 Å². The van der Waals surface area contributed by atoms with Gasteiger partial charge >= 0.3 is 5.97 Å². The van der Waals surface area contributed by atoms with Crippen molar-refractivity contribution in [2.75, 3.05) is 0 Å². The summed E-state index contributed by atoms with van der Waals surface area (Å²) in [5.41, 5.74) is 0.0116. The first-order valence-electron chi connectivity index (χ1n) is 6.26. The molecule has 19 heavy (non-hydrogen) atoms. The molecule has 0 spiro atoms. The van der Waals surface area contributed by atoms with E-state index in [1.165, 1.54) is 18.2 Å². The molecule has 2 atom stereocenters. The molecular weight excluding hydrogens is 254 g/mol. The van der Waals surface area contributed by atoms with Gasteiger partial charge in [-0.3, -0.25) is 4.79 Å². The average molecular weight is 272 g/mol. The van der Waals surface area contributed by atoms with Gasteiger partial charge in [-0.1, -0.05) is 38.0 Å². The molecular formula is C14H18F2O3. The maximum atomic E-state index is 12.6. The van der Waals surface area contributed by atoms with Crippen LogP contribution in [0.25, 0.3) is 0 Å². The van der Waals surface area contributed by atoms with E-state index in [4.69, 9.17) is 5.11 Å². The van der Waals surface area contributed by atoms with Crippen LogP contribution in [0.1, 0.15) is 49.8 Å². The molecule has 3 nitrogen and oxygen atoms in total. The SMILES string of the molecule is CCCCC(C(=O)O)C(O)c1cccc(C(F)F)c1. The number of alkyl halides is 2. The molecule has 0 heterocycles. The average Bonchev–Trinajstić information content (AvgIpc) is 2.38. The van der Waals surface area contributed by atoms with Crippen LogP contribution >= 0.6 is 0 Å². The molecule has 1 aromatic rings. The molecule has 5 heteroatoms. The summed E-state index contributed by atoms with van der Waals surface area (Å²) >= 11 is 0. The molecule has 0 saturated heterocycles. The molecule has 1 rings (SSSR count).